The first-order valence-corrected chi connectivity index (χ1v) is 3.68. The first-order chi connectivity index (χ1) is 6.93. The van der Waals surface area contributed by atoms with Gasteiger partial charge in [0.15, 0.2) is 5.75 Å². The molecule has 0 aliphatic carbocycles. The second kappa shape index (κ2) is 3.74. The van der Waals surface area contributed by atoms with E-state index in [-0.39, 0.29) is 5.56 Å². The van der Waals surface area contributed by atoms with Gasteiger partial charge in [0.25, 0.3) is 5.78 Å². The van der Waals surface area contributed by atoms with Crippen LogP contribution in [0, 0.1) is 10.1 Å². The van der Waals surface area contributed by atoms with Crippen LogP contribution in [0.5, 0.6) is 5.75 Å². The summed E-state index contributed by atoms with van der Waals surface area (Å²) in [6.45, 7) is 0. The van der Waals surface area contributed by atoms with Crippen molar-refractivity contribution < 1.29 is 24.7 Å². The van der Waals surface area contributed by atoms with Crippen molar-refractivity contribution in [3.05, 3.63) is 33.9 Å². The Morgan fingerprint density at radius 1 is 1.33 bits per heavy atom. The second-order valence-corrected chi connectivity index (χ2v) is 2.59. The highest BCUT2D eigenvalue weighted by Crippen LogP contribution is 2.26. The number of hydrogen-bond acceptors (Lipinski definition) is 5. The summed E-state index contributed by atoms with van der Waals surface area (Å²) in [5.74, 6) is -3.60. The van der Waals surface area contributed by atoms with Gasteiger partial charge in [-0.15, -0.1) is 0 Å². The fraction of sp³-hybridized carbons (Fsp3) is 0. The Balaban J connectivity index is 3.25. The molecule has 1 aromatic rings. The van der Waals surface area contributed by atoms with Crippen LogP contribution in [0.25, 0.3) is 0 Å². The highest BCUT2D eigenvalue weighted by Gasteiger charge is 2.20. The molecule has 7 heteroatoms. The van der Waals surface area contributed by atoms with Crippen molar-refractivity contribution in [2.24, 2.45) is 0 Å². The largest absolute Gasteiger partial charge is 0.502 e. The first-order valence-electron chi connectivity index (χ1n) is 3.68. The first kappa shape index (κ1) is 10.6. The summed E-state index contributed by atoms with van der Waals surface area (Å²) in [7, 11) is 0. The zero-order chi connectivity index (χ0) is 11.6. The molecule has 0 aromatic heterocycles. The van der Waals surface area contributed by atoms with Crippen LogP contribution in [0.4, 0.5) is 5.69 Å². The maximum atomic E-state index is 10.9. The van der Waals surface area contributed by atoms with E-state index < -0.39 is 28.1 Å². The number of phenols is 1. The quantitative estimate of drug-likeness (QED) is 0.326. The number of aromatic hydroxyl groups is 1. The summed E-state index contributed by atoms with van der Waals surface area (Å²) >= 11 is 0. The molecule has 0 aliphatic rings. The molecule has 0 heterocycles. The lowest BCUT2D eigenvalue weighted by molar-refractivity contribution is -0.385. The number of benzene rings is 1. The summed E-state index contributed by atoms with van der Waals surface area (Å²) in [4.78, 5) is 30.7. The average molecular weight is 211 g/mol. The van der Waals surface area contributed by atoms with E-state index in [1.807, 2.05) is 0 Å². The van der Waals surface area contributed by atoms with E-state index in [0.29, 0.717) is 6.07 Å². The lowest BCUT2D eigenvalue weighted by Crippen LogP contribution is -2.12. The number of nitrogens with zero attached hydrogens (tertiary/aromatic N) is 1. The molecule has 0 radical (unpaired) electrons. The third kappa shape index (κ3) is 2.08. The molecule has 7 nitrogen and oxygen atoms in total. The standard InChI is InChI=1S/C8H5NO6/c10-6-2-1-4(7(11)8(12)13)3-5(6)9(14)15/h1-3,10H,(H,12,13). The van der Waals surface area contributed by atoms with Crippen molar-refractivity contribution in [3.63, 3.8) is 0 Å². The Labute approximate surface area is 82.7 Å². The number of ketones is 1. The molecule has 0 bridgehead atoms. The second-order valence-electron chi connectivity index (χ2n) is 2.59. The molecule has 0 aliphatic heterocycles. The number of carbonyl (C=O) groups excluding carboxylic acids is 1. The Bertz CT molecular complexity index is 452. The van der Waals surface area contributed by atoms with Crippen molar-refractivity contribution in [2.45, 2.75) is 0 Å². The van der Waals surface area contributed by atoms with Crippen LogP contribution in [0.15, 0.2) is 18.2 Å². The number of rotatable bonds is 3. The van der Waals surface area contributed by atoms with Crippen LogP contribution in [-0.4, -0.2) is 26.9 Å². The minimum atomic E-state index is -1.71. The molecule has 0 amide bonds. The van der Waals surface area contributed by atoms with Crippen molar-refractivity contribution in [1.82, 2.24) is 0 Å². The molecule has 1 rings (SSSR count). The molecule has 0 fully saturated rings. The number of Topliss-reactive ketones (excluding diaryl/α,β-unsaturated/α-hetero) is 1. The van der Waals surface area contributed by atoms with Crippen LogP contribution in [0.1, 0.15) is 10.4 Å². The highest BCUT2D eigenvalue weighted by molar-refractivity contribution is 6.39. The third-order valence-corrected chi connectivity index (χ3v) is 1.63. The predicted octanol–water partition coefficient (Wildman–Crippen LogP) is 0.568. The van der Waals surface area contributed by atoms with E-state index >= 15 is 0 Å². The maximum absolute atomic E-state index is 10.9. The Kier molecular flexibility index (Phi) is 2.65. The van der Waals surface area contributed by atoms with E-state index in [4.69, 9.17) is 10.2 Å². The van der Waals surface area contributed by atoms with Crippen molar-refractivity contribution in [2.75, 3.05) is 0 Å². The topological polar surface area (TPSA) is 118 Å². The van der Waals surface area contributed by atoms with Crippen molar-refractivity contribution in [1.29, 1.82) is 0 Å². The fourth-order valence-electron chi connectivity index (χ4n) is 0.934. The molecule has 0 saturated carbocycles. The highest BCUT2D eigenvalue weighted by atomic mass is 16.6. The zero-order valence-corrected chi connectivity index (χ0v) is 7.21. The van der Waals surface area contributed by atoms with Crippen molar-refractivity contribution in [3.8, 4) is 5.75 Å². The van der Waals surface area contributed by atoms with Crippen molar-refractivity contribution >= 4 is 17.4 Å². The van der Waals surface area contributed by atoms with E-state index in [1.165, 1.54) is 0 Å². The van der Waals surface area contributed by atoms with E-state index in [9.17, 15) is 19.7 Å². The summed E-state index contributed by atoms with van der Waals surface area (Å²) < 4.78 is 0. The van der Waals surface area contributed by atoms with Gasteiger partial charge in [-0.05, 0) is 12.1 Å². The molecule has 1 aromatic carbocycles. The van der Waals surface area contributed by atoms with Gasteiger partial charge in [0, 0.05) is 11.6 Å². The molecular formula is C8H5NO6. The van der Waals surface area contributed by atoms with Gasteiger partial charge < -0.3 is 10.2 Å². The molecule has 0 spiro atoms. The lowest BCUT2D eigenvalue weighted by Gasteiger charge is -1.98. The maximum Gasteiger partial charge on any atom is 0.377 e. The molecule has 0 unspecified atom stereocenters. The minimum absolute atomic E-state index is 0.355. The number of carboxylic acid groups (broad SMARTS) is 1. The predicted molar refractivity (Wildman–Crippen MR) is 46.7 cm³/mol. The number of carbonyl (C=O) groups is 2. The van der Waals surface area contributed by atoms with Gasteiger partial charge in [0.05, 0.1) is 4.92 Å². The molecule has 0 atom stereocenters. The number of phenolic OH excluding ortho intramolecular Hbond substituents is 1. The average Bonchev–Trinajstić information content (AvgIpc) is 2.16. The number of hydrogen-bond donors (Lipinski definition) is 2. The van der Waals surface area contributed by atoms with E-state index in [1.54, 1.807) is 0 Å². The van der Waals surface area contributed by atoms with Crippen LogP contribution < -0.4 is 0 Å². The molecule has 0 saturated heterocycles. The van der Waals surface area contributed by atoms with Gasteiger partial charge in [0.2, 0.25) is 0 Å². The van der Waals surface area contributed by atoms with Gasteiger partial charge in [-0.1, -0.05) is 0 Å². The fourth-order valence-corrected chi connectivity index (χ4v) is 0.934. The van der Waals surface area contributed by atoms with Gasteiger partial charge in [0.1, 0.15) is 0 Å². The van der Waals surface area contributed by atoms with Gasteiger partial charge >= 0.3 is 11.7 Å². The SMILES string of the molecule is O=C(O)C(=O)c1ccc(O)c([N+](=O)[O-])c1. The van der Waals surface area contributed by atoms with Crippen LogP contribution in [0.3, 0.4) is 0 Å². The van der Waals surface area contributed by atoms with Gasteiger partial charge in [-0.2, -0.15) is 0 Å². The smallest absolute Gasteiger partial charge is 0.377 e. The van der Waals surface area contributed by atoms with Gasteiger partial charge in [-0.25, -0.2) is 4.79 Å². The summed E-state index contributed by atoms with van der Waals surface area (Å²) in [6.07, 6.45) is 0. The Morgan fingerprint density at radius 2 is 1.93 bits per heavy atom. The number of nitro groups is 1. The Hall–Kier alpha value is -2.44. The zero-order valence-electron chi connectivity index (χ0n) is 7.21. The molecule has 78 valence electrons. The van der Waals surface area contributed by atoms with E-state index in [0.717, 1.165) is 12.1 Å². The molecular weight excluding hydrogens is 206 g/mol. The summed E-state index contributed by atoms with van der Waals surface area (Å²) in [5, 5.41) is 27.7. The monoisotopic (exact) mass is 211 g/mol. The molecule has 15 heavy (non-hydrogen) atoms. The summed E-state index contributed by atoms with van der Waals surface area (Å²) in [5.41, 5.74) is -1.06. The van der Waals surface area contributed by atoms with Crippen LogP contribution in [-0.2, 0) is 4.79 Å². The normalized spacial score (nSPS) is 9.60. The summed E-state index contributed by atoms with van der Waals surface area (Å²) in [6, 6.07) is 2.61. The number of carboxylic acids is 1. The van der Waals surface area contributed by atoms with Gasteiger partial charge in [-0.3, -0.25) is 14.9 Å². The third-order valence-electron chi connectivity index (χ3n) is 1.63. The van der Waals surface area contributed by atoms with Crippen LogP contribution in [0.2, 0.25) is 0 Å². The number of nitro benzene ring substituents is 1. The molecule has 2 N–H and O–H groups in total. The lowest BCUT2D eigenvalue weighted by atomic mass is 10.1. The Morgan fingerprint density at radius 3 is 2.40 bits per heavy atom. The van der Waals surface area contributed by atoms with Crippen LogP contribution >= 0.6 is 0 Å². The van der Waals surface area contributed by atoms with E-state index in [2.05, 4.69) is 0 Å². The minimum Gasteiger partial charge on any atom is -0.502 e. The number of aliphatic carboxylic acids is 1.